The lowest BCUT2D eigenvalue weighted by atomic mass is 9.77. The van der Waals surface area contributed by atoms with Gasteiger partial charge in [0, 0.05) is 5.39 Å². The lowest BCUT2D eigenvalue weighted by Crippen LogP contribution is -2.13. The van der Waals surface area contributed by atoms with E-state index in [1.165, 1.54) is 62.5 Å². The van der Waals surface area contributed by atoms with Crippen molar-refractivity contribution in [3.05, 3.63) is 94.6 Å². The fourth-order valence-electron chi connectivity index (χ4n) is 5.89. The van der Waals surface area contributed by atoms with Gasteiger partial charge in [-0.3, -0.25) is 0 Å². The maximum atomic E-state index is 14.8. The molecule has 0 bridgehead atoms. The van der Waals surface area contributed by atoms with Gasteiger partial charge in [-0.1, -0.05) is 81.2 Å². The van der Waals surface area contributed by atoms with Gasteiger partial charge in [0.1, 0.15) is 0 Å². The highest BCUT2D eigenvalue weighted by Gasteiger charge is 2.22. The highest BCUT2D eigenvalue weighted by molar-refractivity contribution is 5.84. The molecule has 0 aromatic heterocycles. The van der Waals surface area contributed by atoms with Crippen LogP contribution in [0.25, 0.3) is 10.8 Å². The van der Waals surface area contributed by atoms with E-state index in [1.807, 2.05) is 31.2 Å². The van der Waals surface area contributed by atoms with Crippen LogP contribution in [0.15, 0.2) is 60.7 Å². The zero-order valence-corrected chi connectivity index (χ0v) is 22.2. The predicted octanol–water partition coefficient (Wildman–Crippen LogP) is 10.3. The summed E-state index contributed by atoms with van der Waals surface area (Å²) in [4.78, 5) is 0. The first-order valence-corrected chi connectivity index (χ1v) is 14.2. The molecular formula is C34H42F2. The molecule has 0 N–H and O–H groups in total. The quantitative estimate of drug-likeness (QED) is 0.186. The van der Waals surface area contributed by atoms with E-state index in [-0.39, 0.29) is 0 Å². The summed E-state index contributed by atoms with van der Waals surface area (Å²) in [5.41, 5.74) is 4.29. The fourth-order valence-corrected chi connectivity index (χ4v) is 5.89. The summed E-state index contributed by atoms with van der Waals surface area (Å²) in [6.07, 6.45) is 17.8. The van der Waals surface area contributed by atoms with Crippen molar-refractivity contribution < 1.29 is 8.78 Å². The second-order valence-electron chi connectivity index (χ2n) is 10.8. The molecule has 1 saturated carbocycles. The Labute approximate surface area is 216 Å². The van der Waals surface area contributed by atoms with Crippen LogP contribution >= 0.6 is 0 Å². The van der Waals surface area contributed by atoms with Crippen LogP contribution in [-0.4, -0.2) is 0 Å². The molecule has 0 aliphatic heterocycles. The van der Waals surface area contributed by atoms with Crippen molar-refractivity contribution in [1.29, 1.82) is 0 Å². The molecule has 1 aliphatic rings. The molecule has 0 saturated heterocycles. The second kappa shape index (κ2) is 13.2. The Bertz CT molecular complexity index is 1130. The van der Waals surface area contributed by atoms with Gasteiger partial charge in [0.25, 0.3) is 0 Å². The average molecular weight is 489 g/mol. The molecule has 3 aromatic rings. The van der Waals surface area contributed by atoms with E-state index >= 15 is 0 Å². The van der Waals surface area contributed by atoms with Crippen molar-refractivity contribution in [2.24, 2.45) is 5.92 Å². The van der Waals surface area contributed by atoms with Crippen molar-refractivity contribution in [2.75, 3.05) is 0 Å². The van der Waals surface area contributed by atoms with E-state index in [4.69, 9.17) is 0 Å². The topological polar surface area (TPSA) is 0 Å². The molecular weight excluding hydrogens is 446 g/mol. The standard InChI is InChI=1S/C34H42F2/c1-3-5-7-9-25-13-18-28(19-14-25)29-20-15-26(16-21-29)11-12-27-17-22-30-24-31(10-8-6-4-2)33(35)34(36)32(30)23-27/h4,6,15-17,20-25,28H,3,5,7-14,18-19H2,1-2H3/b6-4+. The van der Waals surface area contributed by atoms with Crippen LogP contribution in [0.1, 0.15) is 99.8 Å². The van der Waals surface area contributed by atoms with Crippen LogP contribution in [0, 0.1) is 17.6 Å². The Morgan fingerprint density at radius 3 is 2.25 bits per heavy atom. The highest BCUT2D eigenvalue weighted by Crippen LogP contribution is 2.38. The van der Waals surface area contributed by atoms with Crippen molar-refractivity contribution in [1.82, 2.24) is 0 Å². The summed E-state index contributed by atoms with van der Waals surface area (Å²) in [6.45, 7) is 4.22. The van der Waals surface area contributed by atoms with Gasteiger partial charge >= 0.3 is 0 Å². The van der Waals surface area contributed by atoms with Gasteiger partial charge < -0.3 is 0 Å². The van der Waals surface area contributed by atoms with E-state index in [0.717, 1.165) is 36.1 Å². The third-order valence-electron chi connectivity index (χ3n) is 8.19. The minimum Gasteiger partial charge on any atom is -0.203 e. The van der Waals surface area contributed by atoms with Crippen molar-refractivity contribution in [3.8, 4) is 0 Å². The Balaban J connectivity index is 1.33. The Hall–Kier alpha value is -2.48. The third kappa shape index (κ3) is 6.84. The zero-order valence-electron chi connectivity index (χ0n) is 22.2. The first kappa shape index (κ1) is 26.6. The minimum atomic E-state index is -0.714. The van der Waals surface area contributed by atoms with Crippen molar-refractivity contribution in [2.45, 2.75) is 96.8 Å². The third-order valence-corrected chi connectivity index (χ3v) is 8.19. The number of unbranched alkanes of at least 4 members (excludes halogenated alkanes) is 2. The van der Waals surface area contributed by atoms with Crippen LogP contribution < -0.4 is 0 Å². The first-order valence-electron chi connectivity index (χ1n) is 14.2. The van der Waals surface area contributed by atoms with Crippen LogP contribution in [0.3, 0.4) is 0 Å². The SMILES string of the molecule is C/C=C/CCc1cc2ccc(CCc3ccc(C4CCC(CCCCC)CC4)cc3)cc2c(F)c1F. The zero-order chi connectivity index (χ0) is 25.3. The molecule has 0 nitrogen and oxygen atoms in total. The molecule has 1 aliphatic carbocycles. The van der Waals surface area contributed by atoms with Crippen LogP contribution in [-0.2, 0) is 19.3 Å². The number of hydrogen-bond donors (Lipinski definition) is 0. The number of fused-ring (bicyclic) bond motifs is 1. The molecule has 0 atom stereocenters. The van der Waals surface area contributed by atoms with E-state index in [0.29, 0.717) is 23.3 Å². The number of halogens is 2. The molecule has 2 heteroatoms. The first-order chi connectivity index (χ1) is 17.6. The lowest BCUT2D eigenvalue weighted by molar-refractivity contribution is 0.303. The van der Waals surface area contributed by atoms with Gasteiger partial charge in [-0.25, -0.2) is 8.78 Å². The predicted molar refractivity (Wildman–Crippen MR) is 150 cm³/mol. The largest absolute Gasteiger partial charge is 0.203 e. The molecule has 36 heavy (non-hydrogen) atoms. The summed E-state index contributed by atoms with van der Waals surface area (Å²) >= 11 is 0. The van der Waals surface area contributed by atoms with Gasteiger partial charge in [0.2, 0.25) is 0 Å². The molecule has 0 amide bonds. The smallest absolute Gasteiger partial charge is 0.166 e. The van der Waals surface area contributed by atoms with Gasteiger partial charge in [-0.05, 0) is 110 Å². The minimum absolute atomic E-state index is 0.389. The number of benzene rings is 3. The Morgan fingerprint density at radius 2 is 1.53 bits per heavy atom. The molecule has 192 valence electrons. The molecule has 0 radical (unpaired) electrons. The van der Waals surface area contributed by atoms with E-state index < -0.39 is 11.6 Å². The Kier molecular flexibility index (Phi) is 9.73. The van der Waals surface area contributed by atoms with Gasteiger partial charge in [0.15, 0.2) is 11.6 Å². The molecule has 4 rings (SSSR count). The Morgan fingerprint density at radius 1 is 0.806 bits per heavy atom. The van der Waals surface area contributed by atoms with E-state index in [2.05, 4.69) is 37.3 Å². The molecule has 0 heterocycles. The second-order valence-corrected chi connectivity index (χ2v) is 10.8. The lowest BCUT2D eigenvalue weighted by Gasteiger charge is -2.29. The number of hydrogen-bond acceptors (Lipinski definition) is 0. The summed E-state index contributed by atoms with van der Waals surface area (Å²) in [5.74, 6) is 0.240. The number of rotatable bonds is 11. The van der Waals surface area contributed by atoms with Crippen LogP contribution in [0.4, 0.5) is 8.78 Å². The molecule has 1 fully saturated rings. The molecule has 0 spiro atoms. The summed E-state index contributed by atoms with van der Waals surface area (Å²) in [5, 5.41) is 1.16. The highest BCUT2D eigenvalue weighted by atomic mass is 19.2. The van der Waals surface area contributed by atoms with Gasteiger partial charge in [-0.2, -0.15) is 0 Å². The number of aryl methyl sites for hydroxylation is 3. The summed E-state index contributed by atoms with van der Waals surface area (Å²) in [7, 11) is 0. The van der Waals surface area contributed by atoms with Crippen LogP contribution in [0.5, 0.6) is 0 Å². The molecule has 3 aromatic carbocycles. The maximum absolute atomic E-state index is 14.8. The molecule has 0 unspecified atom stereocenters. The van der Waals surface area contributed by atoms with Crippen LogP contribution in [0.2, 0.25) is 0 Å². The normalized spacial score (nSPS) is 18.3. The van der Waals surface area contributed by atoms with E-state index in [1.54, 1.807) is 6.07 Å². The summed E-state index contributed by atoms with van der Waals surface area (Å²) < 4.78 is 29.5. The monoisotopic (exact) mass is 488 g/mol. The number of allylic oxidation sites excluding steroid dienone is 2. The van der Waals surface area contributed by atoms with Crippen molar-refractivity contribution >= 4 is 10.8 Å². The maximum Gasteiger partial charge on any atom is 0.166 e. The van der Waals surface area contributed by atoms with Gasteiger partial charge in [0.05, 0.1) is 0 Å². The van der Waals surface area contributed by atoms with E-state index in [9.17, 15) is 8.78 Å². The average Bonchev–Trinajstić information content (AvgIpc) is 2.91. The van der Waals surface area contributed by atoms with Gasteiger partial charge in [-0.15, -0.1) is 0 Å². The van der Waals surface area contributed by atoms with Crippen molar-refractivity contribution in [3.63, 3.8) is 0 Å². The fraction of sp³-hybridized carbons (Fsp3) is 0.471. The summed E-state index contributed by atoms with van der Waals surface area (Å²) in [6, 6.07) is 16.8.